The zero-order valence-corrected chi connectivity index (χ0v) is 13.4. The van der Waals surface area contributed by atoms with Crippen molar-refractivity contribution >= 4 is 29.6 Å². The highest BCUT2D eigenvalue weighted by Crippen LogP contribution is 2.14. The molecule has 20 heavy (non-hydrogen) atoms. The van der Waals surface area contributed by atoms with Crippen LogP contribution < -0.4 is 16.0 Å². The number of thioether (sulfide) groups is 1. The molecule has 1 aromatic rings. The molecule has 7 nitrogen and oxygen atoms in total. The van der Waals surface area contributed by atoms with E-state index in [1.54, 1.807) is 18.7 Å². The van der Waals surface area contributed by atoms with E-state index in [2.05, 4.69) is 20.3 Å². The highest BCUT2D eigenvalue weighted by Gasteiger charge is 2.20. The van der Waals surface area contributed by atoms with Crippen LogP contribution in [0.15, 0.2) is 0 Å². The van der Waals surface area contributed by atoms with Gasteiger partial charge in [-0.1, -0.05) is 0 Å². The molecule has 0 aliphatic rings. The fraction of sp³-hybridized carbons (Fsp3) is 0.750. The van der Waals surface area contributed by atoms with Gasteiger partial charge in [0.2, 0.25) is 17.8 Å². The van der Waals surface area contributed by atoms with Crippen molar-refractivity contribution in [2.24, 2.45) is 0 Å². The molecule has 1 aromatic heterocycles. The molecule has 0 aromatic carbocycles. The highest BCUT2D eigenvalue weighted by molar-refractivity contribution is 7.98. The van der Waals surface area contributed by atoms with E-state index in [4.69, 9.17) is 5.73 Å². The van der Waals surface area contributed by atoms with Gasteiger partial charge in [0.05, 0.1) is 5.60 Å². The van der Waals surface area contributed by atoms with Gasteiger partial charge in [0.1, 0.15) is 0 Å². The van der Waals surface area contributed by atoms with Crippen LogP contribution >= 0.6 is 11.8 Å². The van der Waals surface area contributed by atoms with Crippen molar-refractivity contribution in [2.45, 2.75) is 26.4 Å². The second-order valence-corrected chi connectivity index (χ2v) is 5.64. The molecular formula is C12H24N6OS. The van der Waals surface area contributed by atoms with Gasteiger partial charge in [-0.25, -0.2) is 0 Å². The van der Waals surface area contributed by atoms with E-state index < -0.39 is 5.60 Å². The van der Waals surface area contributed by atoms with Gasteiger partial charge in [-0.15, -0.1) is 0 Å². The van der Waals surface area contributed by atoms with Crippen molar-refractivity contribution in [2.75, 3.05) is 47.6 Å². The Morgan fingerprint density at radius 1 is 1.30 bits per heavy atom. The third-order valence-corrected chi connectivity index (χ3v) is 3.68. The van der Waals surface area contributed by atoms with Crippen LogP contribution in [0.25, 0.3) is 0 Å². The largest absolute Gasteiger partial charge is 0.387 e. The summed E-state index contributed by atoms with van der Waals surface area (Å²) >= 11 is 1.59. The molecule has 0 aliphatic heterocycles. The molecule has 0 fully saturated rings. The number of hydrogen-bond acceptors (Lipinski definition) is 8. The van der Waals surface area contributed by atoms with Gasteiger partial charge in [0, 0.05) is 25.4 Å². The Balaban J connectivity index is 2.80. The molecule has 4 N–H and O–H groups in total. The van der Waals surface area contributed by atoms with E-state index in [1.165, 1.54) is 0 Å². The van der Waals surface area contributed by atoms with Gasteiger partial charge >= 0.3 is 0 Å². The number of nitrogens with two attached hydrogens (primary N) is 1. The first-order valence-electron chi connectivity index (χ1n) is 6.63. The summed E-state index contributed by atoms with van der Waals surface area (Å²) in [4.78, 5) is 14.5. The van der Waals surface area contributed by atoms with Crippen LogP contribution in [0.4, 0.5) is 17.8 Å². The number of rotatable bonds is 8. The Morgan fingerprint density at radius 3 is 2.50 bits per heavy atom. The third kappa shape index (κ3) is 5.01. The first kappa shape index (κ1) is 16.8. The normalized spacial score (nSPS) is 13.8. The number of aromatic nitrogens is 3. The fourth-order valence-electron chi connectivity index (χ4n) is 1.74. The molecule has 1 heterocycles. The van der Waals surface area contributed by atoms with Crippen molar-refractivity contribution in [1.82, 2.24) is 15.0 Å². The molecule has 8 heteroatoms. The molecule has 0 spiro atoms. The molecule has 0 aliphatic carbocycles. The molecule has 1 unspecified atom stereocenters. The van der Waals surface area contributed by atoms with Crippen LogP contribution in [-0.2, 0) is 0 Å². The molecule has 0 saturated heterocycles. The molecule has 1 rings (SSSR count). The predicted molar refractivity (Wildman–Crippen MR) is 85.3 cm³/mol. The molecule has 0 bridgehead atoms. The minimum atomic E-state index is -0.823. The van der Waals surface area contributed by atoms with Crippen molar-refractivity contribution < 1.29 is 5.11 Å². The van der Waals surface area contributed by atoms with Crippen LogP contribution in [0.2, 0.25) is 0 Å². The maximum atomic E-state index is 10.1. The Labute approximate surface area is 124 Å². The summed E-state index contributed by atoms with van der Waals surface area (Å²) in [5.74, 6) is 1.74. The van der Waals surface area contributed by atoms with Crippen LogP contribution in [-0.4, -0.2) is 57.3 Å². The minimum absolute atomic E-state index is 0.175. The summed E-state index contributed by atoms with van der Waals surface area (Å²) in [6.07, 6.45) is 1.95. The minimum Gasteiger partial charge on any atom is -0.387 e. The van der Waals surface area contributed by atoms with E-state index in [0.29, 0.717) is 24.2 Å². The Morgan fingerprint density at radius 2 is 1.95 bits per heavy atom. The monoisotopic (exact) mass is 300 g/mol. The lowest BCUT2D eigenvalue weighted by atomic mass is 10.1. The quantitative estimate of drug-likeness (QED) is 0.649. The van der Waals surface area contributed by atoms with Crippen molar-refractivity contribution in [3.8, 4) is 0 Å². The summed E-state index contributed by atoms with van der Waals surface area (Å²) in [7, 11) is 0. The molecule has 1 atom stereocenters. The third-order valence-electron chi connectivity index (χ3n) is 2.77. The van der Waals surface area contributed by atoms with E-state index in [1.807, 2.05) is 25.0 Å². The number of nitrogens with zero attached hydrogens (tertiary/aromatic N) is 4. The molecule has 0 saturated carbocycles. The van der Waals surface area contributed by atoms with Gasteiger partial charge in [-0.05, 0) is 27.0 Å². The number of anilines is 3. The van der Waals surface area contributed by atoms with Crippen molar-refractivity contribution in [3.63, 3.8) is 0 Å². The van der Waals surface area contributed by atoms with Crippen molar-refractivity contribution in [3.05, 3.63) is 0 Å². The molecule has 0 radical (unpaired) electrons. The number of hydrogen-bond donors (Lipinski definition) is 3. The zero-order chi connectivity index (χ0) is 15.2. The molecule has 114 valence electrons. The average Bonchev–Trinajstić information content (AvgIpc) is 2.37. The van der Waals surface area contributed by atoms with Gasteiger partial charge in [-0.2, -0.15) is 26.7 Å². The lowest BCUT2D eigenvalue weighted by Gasteiger charge is -2.23. The van der Waals surface area contributed by atoms with Crippen LogP contribution in [0.5, 0.6) is 0 Å². The van der Waals surface area contributed by atoms with E-state index in [-0.39, 0.29) is 5.95 Å². The maximum absolute atomic E-state index is 10.1. The fourth-order valence-corrected chi connectivity index (χ4v) is 2.46. The molecular weight excluding hydrogens is 276 g/mol. The standard InChI is InChI=1S/C12H24N6OS/c1-5-18(6-2)11-16-9(13)15-10(17-11)14-7-12(3,19)8-20-4/h19H,5-8H2,1-4H3,(H3,13,14,15,16,17). The molecule has 0 amide bonds. The zero-order valence-electron chi connectivity index (χ0n) is 12.6. The second kappa shape index (κ2) is 7.49. The maximum Gasteiger partial charge on any atom is 0.231 e. The highest BCUT2D eigenvalue weighted by atomic mass is 32.2. The van der Waals surface area contributed by atoms with Crippen LogP contribution in [0.3, 0.4) is 0 Å². The lowest BCUT2D eigenvalue weighted by molar-refractivity contribution is 0.0995. The first-order valence-corrected chi connectivity index (χ1v) is 8.03. The summed E-state index contributed by atoms with van der Waals surface area (Å²) in [6.45, 7) is 7.77. The number of nitrogen functional groups attached to an aromatic ring is 1. The van der Waals surface area contributed by atoms with Gasteiger partial charge in [-0.3, -0.25) is 0 Å². The topological polar surface area (TPSA) is 100 Å². The Hall–Kier alpha value is -1.28. The smallest absolute Gasteiger partial charge is 0.231 e. The van der Waals surface area contributed by atoms with Gasteiger partial charge in [0.25, 0.3) is 0 Å². The summed E-state index contributed by atoms with van der Waals surface area (Å²) in [5, 5.41) is 13.1. The van der Waals surface area contributed by atoms with E-state index in [0.717, 1.165) is 13.1 Å². The van der Waals surface area contributed by atoms with Crippen LogP contribution in [0, 0.1) is 0 Å². The summed E-state index contributed by atoms with van der Waals surface area (Å²) in [5.41, 5.74) is 4.89. The number of aliphatic hydroxyl groups is 1. The Bertz CT molecular complexity index is 424. The van der Waals surface area contributed by atoms with E-state index >= 15 is 0 Å². The van der Waals surface area contributed by atoms with Crippen LogP contribution in [0.1, 0.15) is 20.8 Å². The van der Waals surface area contributed by atoms with E-state index in [9.17, 15) is 5.11 Å². The summed E-state index contributed by atoms with van der Waals surface area (Å²) < 4.78 is 0. The SMILES string of the molecule is CCN(CC)c1nc(N)nc(NCC(C)(O)CSC)n1. The van der Waals surface area contributed by atoms with Crippen molar-refractivity contribution in [1.29, 1.82) is 0 Å². The van der Waals surface area contributed by atoms with Gasteiger partial charge in [0.15, 0.2) is 0 Å². The Kier molecular flexibility index (Phi) is 6.28. The van der Waals surface area contributed by atoms with Gasteiger partial charge < -0.3 is 21.1 Å². The predicted octanol–water partition coefficient (Wildman–Crippen LogP) is 0.826. The first-order chi connectivity index (χ1) is 9.41. The summed E-state index contributed by atoms with van der Waals surface area (Å²) in [6, 6.07) is 0. The number of nitrogens with one attached hydrogen (secondary N) is 1. The second-order valence-electron chi connectivity index (χ2n) is 4.77. The average molecular weight is 300 g/mol. The lowest BCUT2D eigenvalue weighted by Crippen LogP contribution is -2.36.